The molecule has 3 heterocycles. The fraction of sp³-hybridized carbons (Fsp3) is 0.222. The summed E-state index contributed by atoms with van der Waals surface area (Å²) in [6.45, 7) is 0.980. The van der Waals surface area contributed by atoms with Gasteiger partial charge in [0, 0.05) is 30.8 Å². The van der Waals surface area contributed by atoms with E-state index < -0.39 is 5.91 Å². The third kappa shape index (κ3) is 3.08. The lowest BCUT2D eigenvalue weighted by Crippen LogP contribution is -2.18. The lowest BCUT2D eigenvalue weighted by Gasteiger charge is -2.11. The second-order valence-corrected chi connectivity index (χ2v) is 5.99. The van der Waals surface area contributed by atoms with Crippen LogP contribution in [0.25, 0.3) is 11.3 Å². The first-order valence-corrected chi connectivity index (χ1v) is 8.22. The number of hydrogen-bond acceptors (Lipinski definition) is 4. The van der Waals surface area contributed by atoms with Crippen molar-refractivity contribution in [2.45, 2.75) is 25.8 Å². The second kappa shape index (κ2) is 6.35. The van der Waals surface area contributed by atoms with E-state index in [1.54, 1.807) is 0 Å². The monoisotopic (exact) mass is 335 g/mol. The quantitative estimate of drug-likeness (QED) is 0.767. The van der Waals surface area contributed by atoms with Crippen LogP contribution in [0.1, 0.15) is 29.2 Å². The maximum absolute atomic E-state index is 12.4. The van der Waals surface area contributed by atoms with Crippen molar-refractivity contribution in [2.75, 3.05) is 5.32 Å². The van der Waals surface area contributed by atoms with Gasteiger partial charge in [0.05, 0.1) is 17.7 Å². The van der Waals surface area contributed by atoms with Gasteiger partial charge in [0.15, 0.2) is 0 Å². The molecule has 4 rings (SSSR count). The minimum atomic E-state index is -0.428. The van der Waals surface area contributed by atoms with Crippen molar-refractivity contribution in [3.8, 4) is 11.3 Å². The predicted molar refractivity (Wildman–Crippen MR) is 93.4 cm³/mol. The number of H-pyrrole nitrogens is 1. The molecule has 126 valence electrons. The van der Waals surface area contributed by atoms with Gasteiger partial charge in [0.1, 0.15) is 11.5 Å². The molecule has 2 N–H and O–H groups in total. The Kier molecular flexibility index (Phi) is 3.89. The van der Waals surface area contributed by atoms with Crippen LogP contribution < -0.4 is 10.9 Å². The summed E-state index contributed by atoms with van der Waals surface area (Å²) in [5.41, 5.74) is 2.04. The number of fused-ring (bicyclic) bond motifs is 1. The van der Waals surface area contributed by atoms with Gasteiger partial charge >= 0.3 is 0 Å². The van der Waals surface area contributed by atoms with Gasteiger partial charge in [-0.05, 0) is 18.9 Å². The maximum atomic E-state index is 12.4. The molecule has 0 spiro atoms. The average Bonchev–Trinajstić information content (AvgIpc) is 3.06. The van der Waals surface area contributed by atoms with Crippen LogP contribution in [-0.2, 0) is 13.0 Å². The average molecular weight is 335 g/mol. The highest BCUT2D eigenvalue weighted by Crippen LogP contribution is 2.29. The molecule has 0 unspecified atom stereocenters. The van der Waals surface area contributed by atoms with Gasteiger partial charge in [0.2, 0.25) is 0 Å². The molecule has 0 radical (unpaired) electrons. The highest BCUT2D eigenvalue weighted by atomic mass is 16.2. The zero-order chi connectivity index (χ0) is 17.2. The molecule has 1 aliphatic heterocycles. The van der Waals surface area contributed by atoms with Crippen molar-refractivity contribution in [1.29, 1.82) is 0 Å². The van der Waals surface area contributed by atoms with E-state index in [0.717, 1.165) is 42.9 Å². The summed E-state index contributed by atoms with van der Waals surface area (Å²) in [5, 5.41) is 2.83. The summed E-state index contributed by atoms with van der Waals surface area (Å²) in [6.07, 6.45) is 6.54. The summed E-state index contributed by atoms with van der Waals surface area (Å²) in [5.74, 6) is 0.654. The summed E-state index contributed by atoms with van der Waals surface area (Å²) < 4.78 is 2.18. The number of nitrogens with zero attached hydrogens (tertiary/aromatic N) is 3. The molecule has 1 aromatic carbocycles. The van der Waals surface area contributed by atoms with E-state index in [9.17, 15) is 9.59 Å². The Hall–Kier alpha value is -3.22. The Morgan fingerprint density at radius 1 is 1.24 bits per heavy atom. The molecule has 3 aromatic rings. The van der Waals surface area contributed by atoms with Crippen LogP contribution >= 0.6 is 0 Å². The van der Waals surface area contributed by atoms with Crippen molar-refractivity contribution in [1.82, 2.24) is 19.5 Å². The normalized spacial score (nSPS) is 13.3. The van der Waals surface area contributed by atoms with Gasteiger partial charge < -0.3 is 14.9 Å². The summed E-state index contributed by atoms with van der Waals surface area (Å²) in [7, 11) is 0. The molecular formula is C18H17N5O2. The highest BCUT2D eigenvalue weighted by Gasteiger charge is 2.17. The van der Waals surface area contributed by atoms with Crippen LogP contribution in [0.2, 0.25) is 0 Å². The van der Waals surface area contributed by atoms with E-state index in [0.29, 0.717) is 5.69 Å². The van der Waals surface area contributed by atoms with Gasteiger partial charge in [0.25, 0.3) is 11.5 Å². The molecule has 25 heavy (non-hydrogen) atoms. The van der Waals surface area contributed by atoms with E-state index in [1.807, 2.05) is 30.5 Å². The van der Waals surface area contributed by atoms with Gasteiger partial charge in [-0.3, -0.25) is 9.59 Å². The standard InChI is InChI=1S/C18H17N5O2/c24-17-9-14(19-11-20-17)18(25)22-13-6-2-1-5-12(13)15-10-23-8-4-3-7-16(23)21-15/h1-2,5-6,9-11H,3-4,7-8H2,(H,22,25)(H,19,20,24). The summed E-state index contributed by atoms with van der Waals surface area (Å²) in [4.78, 5) is 34.8. The Morgan fingerprint density at radius 3 is 2.96 bits per heavy atom. The smallest absolute Gasteiger partial charge is 0.274 e. The van der Waals surface area contributed by atoms with Crippen LogP contribution in [-0.4, -0.2) is 25.4 Å². The number of benzene rings is 1. The van der Waals surface area contributed by atoms with Crippen LogP contribution in [0.3, 0.4) is 0 Å². The molecule has 2 aromatic heterocycles. The lowest BCUT2D eigenvalue weighted by atomic mass is 10.1. The summed E-state index contributed by atoms with van der Waals surface area (Å²) in [6, 6.07) is 8.68. The van der Waals surface area contributed by atoms with E-state index in [1.165, 1.54) is 12.4 Å². The highest BCUT2D eigenvalue weighted by molar-refractivity contribution is 6.04. The Labute approximate surface area is 143 Å². The Balaban J connectivity index is 1.66. The van der Waals surface area contributed by atoms with Crippen LogP contribution in [0.5, 0.6) is 0 Å². The molecular weight excluding hydrogens is 318 g/mol. The minimum absolute atomic E-state index is 0.0719. The first-order chi connectivity index (χ1) is 12.2. The number of aryl methyl sites for hydroxylation is 2. The molecule has 1 aliphatic rings. The Bertz CT molecular complexity index is 965. The fourth-order valence-corrected chi connectivity index (χ4v) is 3.04. The Morgan fingerprint density at radius 2 is 2.12 bits per heavy atom. The number of para-hydroxylation sites is 1. The van der Waals surface area contributed by atoms with Gasteiger partial charge in [-0.1, -0.05) is 18.2 Å². The summed E-state index contributed by atoms with van der Waals surface area (Å²) >= 11 is 0. The van der Waals surface area contributed by atoms with Crippen LogP contribution in [0, 0.1) is 0 Å². The number of aromatic nitrogens is 4. The van der Waals surface area contributed by atoms with Gasteiger partial charge in [-0.25, -0.2) is 9.97 Å². The van der Waals surface area contributed by atoms with Gasteiger partial charge in [-0.15, -0.1) is 0 Å². The van der Waals surface area contributed by atoms with E-state index in [2.05, 4.69) is 19.9 Å². The van der Waals surface area contributed by atoms with Crippen molar-refractivity contribution < 1.29 is 4.79 Å². The third-order valence-electron chi connectivity index (χ3n) is 4.27. The topological polar surface area (TPSA) is 92.7 Å². The molecule has 0 saturated heterocycles. The van der Waals surface area contributed by atoms with E-state index in [-0.39, 0.29) is 11.3 Å². The van der Waals surface area contributed by atoms with Crippen molar-refractivity contribution >= 4 is 11.6 Å². The molecule has 0 atom stereocenters. The number of carbonyl (C=O) groups is 1. The number of amides is 1. The SMILES string of the molecule is O=C(Nc1ccccc1-c1cn2c(n1)CCCC2)c1cc(=O)[nH]cn1. The predicted octanol–water partition coefficient (Wildman–Crippen LogP) is 2.22. The molecule has 0 fully saturated rings. The number of carbonyl (C=O) groups excluding carboxylic acids is 1. The minimum Gasteiger partial charge on any atom is -0.334 e. The largest absolute Gasteiger partial charge is 0.334 e. The molecule has 0 aliphatic carbocycles. The lowest BCUT2D eigenvalue weighted by molar-refractivity contribution is 0.102. The van der Waals surface area contributed by atoms with Gasteiger partial charge in [-0.2, -0.15) is 0 Å². The number of imidazole rings is 1. The number of rotatable bonds is 3. The van der Waals surface area contributed by atoms with Crippen LogP contribution in [0.15, 0.2) is 47.7 Å². The van der Waals surface area contributed by atoms with E-state index in [4.69, 9.17) is 4.98 Å². The fourth-order valence-electron chi connectivity index (χ4n) is 3.04. The molecule has 1 amide bonds. The molecule has 0 saturated carbocycles. The van der Waals surface area contributed by atoms with Crippen molar-refractivity contribution in [2.24, 2.45) is 0 Å². The molecule has 7 nitrogen and oxygen atoms in total. The van der Waals surface area contributed by atoms with Crippen molar-refractivity contribution in [3.63, 3.8) is 0 Å². The number of hydrogen-bond donors (Lipinski definition) is 2. The molecule has 7 heteroatoms. The first kappa shape index (κ1) is 15.3. The maximum Gasteiger partial charge on any atom is 0.274 e. The number of anilines is 1. The van der Waals surface area contributed by atoms with E-state index >= 15 is 0 Å². The number of aromatic amines is 1. The van der Waals surface area contributed by atoms with Crippen molar-refractivity contribution in [3.05, 3.63) is 64.7 Å². The third-order valence-corrected chi connectivity index (χ3v) is 4.27. The zero-order valence-electron chi connectivity index (χ0n) is 13.5. The second-order valence-electron chi connectivity index (χ2n) is 5.99. The zero-order valence-corrected chi connectivity index (χ0v) is 13.5. The van der Waals surface area contributed by atoms with Crippen LogP contribution in [0.4, 0.5) is 5.69 Å². The first-order valence-electron chi connectivity index (χ1n) is 8.22. The number of nitrogens with one attached hydrogen (secondary N) is 2. The molecule has 0 bridgehead atoms.